The largest absolute Gasteiger partial charge is 0.348 e. The smallest absolute Gasteiger partial charge is 0.255 e. The summed E-state index contributed by atoms with van der Waals surface area (Å²) in [5.41, 5.74) is 2.82. The molecular weight excluding hydrogens is 312 g/mol. The summed E-state index contributed by atoms with van der Waals surface area (Å²) in [6, 6.07) is 12.1. The van der Waals surface area contributed by atoms with Gasteiger partial charge in [-0.2, -0.15) is 0 Å². The van der Waals surface area contributed by atoms with Crippen LogP contribution in [-0.4, -0.2) is 31.5 Å². The third-order valence-corrected chi connectivity index (χ3v) is 5.03. The highest BCUT2D eigenvalue weighted by atomic mass is 16.2. The van der Waals surface area contributed by atoms with Gasteiger partial charge >= 0.3 is 0 Å². The average molecular weight is 334 g/mol. The van der Waals surface area contributed by atoms with Gasteiger partial charge in [0.2, 0.25) is 0 Å². The first-order valence-electron chi connectivity index (χ1n) is 8.73. The molecule has 3 aromatic rings. The Labute approximate surface area is 147 Å². The van der Waals surface area contributed by atoms with Crippen LogP contribution in [0.4, 0.5) is 0 Å². The van der Waals surface area contributed by atoms with Gasteiger partial charge in [0.25, 0.3) is 5.91 Å². The van der Waals surface area contributed by atoms with E-state index in [9.17, 15) is 4.79 Å². The minimum absolute atomic E-state index is 0.0814. The maximum Gasteiger partial charge on any atom is 0.255 e. The molecule has 0 radical (unpaired) electrons. The van der Waals surface area contributed by atoms with E-state index in [4.69, 9.17) is 0 Å². The Morgan fingerprint density at radius 1 is 1.16 bits per heavy atom. The second-order valence-electron chi connectivity index (χ2n) is 6.46. The van der Waals surface area contributed by atoms with E-state index in [-0.39, 0.29) is 11.9 Å². The van der Waals surface area contributed by atoms with Crippen molar-refractivity contribution in [3.63, 3.8) is 0 Å². The van der Waals surface area contributed by atoms with Gasteiger partial charge in [-0.25, -0.2) is 4.98 Å². The number of benzene rings is 1. The van der Waals surface area contributed by atoms with E-state index in [0.29, 0.717) is 0 Å². The lowest BCUT2D eigenvalue weighted by molar-refractivity contribution is 0.0618. The minimum atomic E-state index is 0.0814. The second-order valence-corrected chi connectivity index (χ2v) is 6.46. The molecule has 1 aliphatic heterocycles. The molecule has 0 fully saturated rings. The monoisotopic (exact) mass is 334 g/mol. The van der Waals surface area contributed by atoms with Gasteiger partial charge in [0, 0.05) is 50.0 Å². The van der Waals surface area contributed by atoms with Crippen molar-refractivity contribution in [2.24, 2.45) is 7.05 Å². The Morgan fingerprint density at radius 2 is 2.00 bits per heavy atom. The zero-order valence-corrected chi connectivity index (χ0v) is 14.6. The summed E-state index contributed by atoms with van der Waals surface area (Å²) in [5.74, 6) is 0.898. The minimum Gasteiger partial charge on any atom is -0.348 e. The van der Waals surface area contributed by atoms with E-state index in [1.807, 2.05) is 47.0 Å². The maximum absolute atomic E-state index is 13.4. The van der Waals surface area contributed by atoms with Crippen molar-refractivity contribution in [2.75, 3.05) is 6.54 Å². The van der Waals surface area contributed by atoms with Crippen LogP contribution >= 0.6 is 0 Å². The molecule has 0 aliphatic carbocycles. The van der Waals surface area contributed by atoms with Crippen molar-refractivity contribution in [1.29, 1.82) is 0 Å². The molecule has 4 rings (SSSR count). The number of carbonyl (C=O) groups is 1. The topological polar surface area (TPSA) is 43.1 Å². The molecule has 1 aliphatic rings. The van der Waals surface area contributed by atoms with Gasteiger partial charge < -0.3 is 14.0 Å². The lowest BCUT2D eigenvalue weighted by Gasteiger charge is -2.37. The summed E-state index contributed by atoms with van der Waals surface area (Å²) in [4.78, 5) is 19.8. The maximum atomic E-state index is 13.4. The Hall–Kier alpha value is -2.82. The first-order valence-corrected chi connectivity index (χ1v) is 8.73. The first kappa shape index (κ1) is 15.7. The van der Waals surface area contributed by atoms with Crippen molar-refractivity contribution < 1.29 is 4.79 Å². The quantitative estimate of drug-likeness (QED) is 0.736. The van der Waals surface area contributed by atoms with Crippen molar-refractivity contribution in [1.82, 2.24) is 19.0 Å². The molecule has 2 aromatic heterocycles. The summed E-state index contributed by atoms with van der Waals surface area (Å²) in [7, 11) is 1.95. The average Bonchev–Trinajstić information content (AvgIpc) is 3.28. The van der Waals surface area contributed by atoms with E-state index < -0.39 is 0 Å². The number of imidazole rings is 1. The van der Waals surface area contributed by atoms with Gasteiger partial charge in [0.05, 0.1) is 11.6 Å². The third-order valence-electron chi connectivity index (χ3n) is 5.03. The summed E-state index contributed by atoms with van der Waals surface area (Å²) >= 11 is 0. The number of hydrogen-bond acceptors (Lipinski definition) is 2. The third kappa shape index (κ3) is 2.56. The van der Waals surface area contributed by atoms with Crippen LogP contribution in [-0.2, 0) is 13.6 Å². The van der Waals surface area contributed by atoms with E-state index >= 15 is 0 Å². The number of fused-ring (bicyclic) bond motifs is 1. The van der Waals surface area contributed by atoms with Crippen molar-refractivity contribution >= 4 is 5.91 Å². The molecule has 0 spiro atoms. The molecule has 0 N–H and O–H groups in total. The van der Waals surface area contributed by atoms with Gasteiger partial charge in [0.1, 0.15) is 5.82 Å². The van der Waals surface area contributed by atoms with Crippen LogP contribution in [0.15, 0.2) is 55.0 Å². The van der Waals surface area contributed by atoms with Gasteiger partial charge in [-0.1, -0.05) is 25.1 Å². The number of nitrogens with zero attached hydrogens (tertiary/aromatic N) is 4. The molecule has 0 saturated carbocycles. The molecule has 1 atom stereocenters. The SMILES string of the molecule is CC[C@@H]1c2cccn2CCN1C(=O)c1ccccc1-c1nccn1C. The highest BCUT2D eigenvalue weighted by molar-refractivity contribution is 6.00. The summed E-state index contributed by atoms with van der Waals surface area (Å²) in [6.07, 6.45) is 6.67. The van der Waals surface area contributed by atoms with Crippen LogP contribution in [0.5, 0.6) is 0 Å². The number of hydrogen-bond donors (Lipinski definition) is 0. The van der Waals surface area contributed by atoms with Crippen molar-refractivity contribution in [3.05, 3.63) is 66.2 Å². The van der Waals surface area contributed by atoms with Crippen molar-refractivity contribution in [3.8, 4) is 11.4 Å². The van der Waals surface area contributed by atoms with E-state index in [2.05, 4.69) is 34.8 Å². The lowest BCUT2D eigenvalue weighted by Crippen LogP contribution is -2.41. The molecule has 0 saturated heterocycles. The van der Waals surface area contributed by atoms with Gasteiger partial charge in [-0.3, -0.25) is 4.79 Å². The molecule has 5 nitrogen and oxygen atoms in total. The van der Waals surface area contributed by atoms with Crippen molar-refractivity contribution in [2.45, 2.75) is 25.9 Å². The van der Waals surface area contributed by atoms with Crippen LogP contribution in [0.25, 0.3) is 11.4 Å². The molecule has 1 aromatic carbocycles. The lowest BCUT2D eigenvalue weighted by atomic mass is 10.0. The molecule has 3 heterocycles. The Bertz CT molecular complexity index is 908. The van der Waals surface area contributed by atoms with Crippen LogP contribution in [0, 0.1) is 0 Å². The van der Waals surface area contributed by atoms with Crippen LogP contribution in [0.1, 0.15) is 35.4 Å². The first-order chi connectivity index (χ1) is 12.2. The zero-order valence-electron chi connectivity index (χ0n) is 14.6. The Kier molecular flexibility index (Phi) is 3.92. The molecule has 1 amide bonds. The van der Waals surface area contributed by atoms with Gasteiger partial charge in [-0.05, 0) is 24.6 Å². The number of rotatable bonds is 3. The highest BCUT2D eigenvalue weighted by Gasteiger charge is 2.31. The molecule has 0 bridgehead atoms. The number of carbonyl (C=O) groups excluding carboxylic acids is 1. The fourth-order valence-electron chi connectivity index (χ4n) is 3.78. The molecule has 5 heteroatoms. The molecule has 0 unspecified atom stereocenters. The van der Waals surface area contributed by atoms with E-state index in [1.165, 1.54) is 5.69 Å². The van der Waals surface area contributed by atoms with Gasteiger partial charge in [-0.15, -0.1) is 0 Å². The summed E-state index contributed by atoms with van der Waals surface area (Å²) < 4.78 is 4.20. The summed E-state index contributed by atoms with van der Waals surface area (Å²) in [6.45, 7) is 3.71. The Morgan fingerprint density at radius 3 is 2.76 bits per heavy atom. The number of amides is 1. The summed E-state index contributed by atoms with van der Waals surface area (Å²) in [5, 5.41) is 0. The van der Waals surface area contributed by atoms with E-state index in [0.717, 1.165) is 36.5 Å². The molecule has 25 heavy (non-hydrogen) atoms. The van der Waals surface area contributed by atoms with Crippen LogP contribution < -0.4 is 0 Å². The number of aromatic nitrogens is 3. The van der Waals surface area contributed by atoms with Gasteiger partial charge in [0.15, 0.2) is 0 Å². The molecular formula is C20H22N4O. The van der Waals surface area contributed by atoms with Crippen LogP contribution in [0.2, 0.25) is 0 Å². The number of aryl methyl sites for hydroxylation is 1. The predicted molar refractivity (Wildman–Crippen MR) is 97.1 cm³/mol. The normalized spacial score (nSPS) is 16.7. The fourth-order valence-corrected chi connectivity index (χ4v) is 3.78. The second kappa shape index (κ2) is 6.24. The van der Waals surface area contributed by atoms with E-state index in [1.54, 1.807) is 6.20 Å². The standard InChI is InChI=1S/C20H22N4O/c1-3-17-18-9-6-11-23(18)13-14-24(17)20(25)16-8-5-4-7-15(16)19-21-10-12-22(19)2/h4-12,17H,3,13-14H2,1-2H3/t17-/m1/s1. The highest BCUT2D eigenvalue weighted by Crippen LogP contribution is 2.32. The predicted octanol–water partition coefficient (Wildman–Crippen LogP) is 3.50. The zero-order chi connectivity index (χ0) is 17.4. The van der Waals surface area contributed by atoms with Crippen LogP contribution in [0.3, 0.4) is 0 Å². The molecule has 128 valence electrons. The fraction of sp³-hybridized carbons (Fsp3) is 0.300. The Balaban J connectivity index is 1.74.